The lowest BCUT2D eigenvalue weighted by atomic mass is 9.81. The maximum atomic E-state index is 12.9. The van der Waals surface area contributed by atoms with E-state index in [-0.39, 0.29) is 18.8 Å². The highest BCUT2D eigenvalue weighted by atomic mass is 35.5. The third-order valence-electron chi connectivity index (χ3n) is 4.20. The van der Waals surface area contributed by atoms with Gasteiger partial charge in [-0.25, -0.2) is 13.1 Å². The molecular formula is C14H13Cl2F2N3S. The van der Waals surface area contributed by atoms with E-state index < -0.39 is 5.92 Å². The molecule has 2 N–H and O–H groups in total. The molecule has 2 aromatic rings. The minimum Gasteiger partial charge on any atom is -0.358 e. The number of hydrogen-bond acceptors (Lipinski definition) is 3. The van der Waals surface area contributed by atoms with Gasteiger partial charge < -0.3 is 9.71 Å². The van der Waals surface area contributed by atoms with Crippen LogP contribution in [0.5, 0.6) is 0 Å². The molecule has 1 fully saturated rings. The quantitative estimate of drug-likeness (QED) is 0.708. The van der Waals surface area contributed by atoms with Gasteiger partial charge in [0.1, 0.15) is 0 Å². The fourth-order valence-electron chi connectivity index (χ4n) is 3.17. The number of halogens is 4. The molecule has 22 heavy (non-hydrogen) atoms. The van der Waals surface area contributed by atoms with Gasteiger partial charge in [0.05, 0.1) is 21.2 Å². The minimum absolute atomic E-state index is 0.0110. The fourth-order valence-corrected chi connectivity index (χ4v) is 4.74. The van der Waals surface area contributed by atoms with Crippen molar-refractivity contribution in [3.8, 4) is 0 Å². The smallest absolute Gasteiger partial charge is 0.248 e. The Balaban J connectivity index is 1.56. The van der Waals surface area contributed by atoms with Crippen LogP contribution in [0.3, 0.4) is 0 Å². The number of aromatic nitrogens is 1. The van der Waals surface area contributed by atoms with Gasteiger partial charge in [-0.2, -0.15) is 0 Å². The lowest BCUT2D eigenvalue weighted by Gasteiger charge is -2.39. The highest BCUT2D eigenvalue weighted by Gasteiger charge is 2.45. The standard InChI is InChI=1S/C14H13Cl2F2N3S/c15-9-1-8-6-21(5-7-2-14(17,18)3-7)22-20-12(8)13-11(9)10(16)4-19-13/h1,4,7,19-20H,2-3,5-6H2. The number of fused-ring (bicyclic) bond motifs is 3. The van der Waals surface area contributed by atoms with E-state index in [9.17, 15) is 8.78 Å². The molecule has 118 valence electrons. The van der Waals surface area contributed by atoms with Crippen LogP contribution in [0.4, 0.5) is 14.5 Å². The zero-order valence-electron chi connectivity index (χ0n) is 11.4. The molecule has 4 rings (SSSR count). The Morgan fingerprint density at radius 2 is 2.09 bits per heavy atom. The summed E-state index contributed by atoms with van der Waals surface area (Å²) in [7, 11) is 0. The van der Waals surface area contributed by atoms with E-state index in [1.165, 1.54) is 12.1 Å². The highest BCUT2D eigenvalue weighted by molar-refractivity contribution is 7.98. The molecule has 1 saturated carbocycles. The van der Waals surface area contributed by atoms with Gasteiger partial charge in [-0.1, -0.05) is 23.2 Å². The molecule has 2 aliphatic rings. The second-order valence-corrected chi connectivity index (χ2v) is 7.64. The van der Waals surface area contributed by atoms with Crippen molar-refractivity contribution in [2.24, 2.45) is 5.92 Å². The summed E-state index contributed by atoms with van der Waals surface area (Å²) in [5, 5.41) is 2.00. The Labute approximate surface area is 140 Å². The molecule has 1 aliphatic heterocycles. The van der Waals surface area contributed by atoms with Crippen molar-refractivity contribution in [3.05, 3.63) is 27.9 Å². The zero-order valence-corrected chi connectivity index (χ0v) is 13.8. The zero-order chi connectivity index (χ0) is 15.5. The third kappa shape index (κ3) is 2.46. The molecule has 0 atom stereocenters. The molecule has 1 aliphatic carbocycles. The lowest BCUT2D eigenvalue weighted by molar-refractivity contribution is -0.112. The van der Waals surface area contributed by atoms with E-state index in [0.29, 0.717) is 23.1 Å². The van der Waals surface area contributed by atoms with Gasteiger partial charge in [0.15, 0.2) is 0 Å². The van der Waals surface area contributed by atoms with Gasteiger partial charge in [-0.15, -0.1) is 0 Å². The normalized spacial score (nSPS) is 21.5. The first-order valence-electron chi connectivity index (χ1n) is 6.97. The maximum absolute atomic E-state index is 12.9. The van der Waals surface area contributed by atoms with Gasteiger partial charge in [-0.05, 0) is 17.5 Å². The highest BCUT2D eigenvalue weighted by Crippen LogP contribution is 2.45. The van der Waals surface area contributed by atoms with Crippen LogP contribution in [-0.2, 0) is 6.54 Å². The van der Waals surface area contributed by atoms with Gasteiger partial charge in [0.25, 0.3) is 0 Å². The Morgan fingerprint density at radius 1 is 1.32 bits per heavy atom. The van der Waals surface area contributed by atoms with E-state index in [1.54, 1.807) is 6.20 Å². The Bertz CT molecular complexity index is 741. The number of rotatable bonds is 2. The number of benzene rings is 1. The largest absolute Gasteiger partial charge is 0.358 e. The van der Waals surface area contributed by atoms with Crippen LogP contribution in [0.1, 0.15) is 18.4 Å². The van der Waals surface area contributed by atoms with Gasteiger partial charge in [0, 0.05) is 49.6 Å². The summed E-state index contributed by atoms with van der Waals surface area (Å²) >= 11 is 13.9. The summed E-state index contributed by atoms with van der Waals surface area (Å²) in [4.78, 5) is 3.14. The summed E-state index contributed by atoms with van der Waals surface area (Å²) in [6.07, 6.45) is 1.69. The van der Waals surface area contributed by atoms with Crippen molar-refractivity contribution in [2.45, 2.75) is 25.3 Å². The maximum Gasteiger partial charge on any atom is 0.248 e. The van der Waals surface area contributed by atoms with Crippen molar-refractivity contribution in [2.75, 3.05) is 11.3 Å². The third-order valence-corrected chi connectivity index (χ3v) is 5.63. The number of aromatic amines is 1. The second-order valence-electron chi connectivity index (χ2n) is 5.93. The lowest BCUT2D eigenvalue weighted by Crippen LogP contribution is -2.41. The number of anilines is 1. The SMILES string of the molecule is FC1(F)CC(CN2Cc3cc(Cl)c4c(Cl)c[nH]c4c3NS2)C1. The van der Waals surface area contributed by atoms with E-state index in [4.69, 9.17) is 23.2 Å². The number of hydrogen-bond donors (Lipinski definition) is 2. The van der Waals surface area contributed by atoms with E-state index in [2.05, 4.69) is 14.0 Å². The molecule has 0 spiro atoms. The molecule has 0 radical (unpaired) electrons. The summed E-state index contributed by atoms with van der Waals surface area (Å²) < 4.78 is 31.2. The van der Waals surface area contributed by atoms with Crippen LogP contribution in [0, 0.1) is 5.92 Å². The Kier molecular flexibility index (Phi) is 3.49. The van der Waals surface area contributed by atoms with E-state index in [0.717, 1.165) is 22.2 Å². The number of H-pyrrole nitrogens is 1. The predicted molar refractivity (Wildman–Crippen MR) is 87.6 cm³/mol. The van der Waals surface area contributed by atoms with Crippen molar-refractivity contribution < 1.29 is 8.78 Å². The Hall–Kier alpha value is -0.690. The van der Waals surface area contributed by atoms with Crippen LogP contribution < -0.4 is 4.72 Å². The van der Waals surface area contributed by atoms with Crippen molar-refractivity contribution in [1.82, 2.24) is 9.29 Å². The molecule has 3 nitrogen and oxygen atoms in total. The van der Waals surface area contributed by atoms with Gasteiger partial charge in [-0.3, -0.25) is 0 Å². The minimum atomic E-state index is -2.47. The monoisotopic (exact) mass is 363 g/mol. The van der Waals surface area contributed by atoms with Crippen LogP contribution >= 0.6 is 35.3 Å². The van der Waals surface area contributed by atoms with Crippen LogP contribution in [0.15, 0.2) is 12.3 Å². The van der Waals surface area contributed by atoms with Crippen molar-refractivity contribution in [1.29, 1.82) is 0 Å². The van der Waals surface area contributed by atoms with Crippen LogP contribution in [0.2, 0.25) is 10.0 Å². The molecular weight excluding hydrogens is 351 g/mol. The first kappa shape index (κ1) is 14.9. The first-order valence-corrected chi connectivity index (χ1v) is 8.49. The average Bonchev–Trinajstić information content (AvgIpc) is 2.79. The van der Waals surface area contributed by atoms with Gasteiger partial charge >= 0.3 is 0 Å². The number of alkyl halides is 2. The molecule has 0 unspecified atom stereocenters. The summed E-state index contributed by atoms with van der Waals surface area (Å²) in [6.45, 7) is 1.31. The van der Waals surface area contributed by atoms with Crippen LogP contribution in [0.25, 0.3) is 10.9 Å². The first-order chi connectivity index (χ1) is 10.4. The Morgan fingerprint density at radius 3 is 2.82 bits per heavy atom. The molecule has 0 bridgehead atoms. The topological polar surface area (TPSA) is 31.1 Å². The number of nitrogens with one attached hydrogen (secondary N) is 2. The molecule has 0 saturated heterocycles. The summed E-state index contributed by atoms with van der Waals surface area (Å²) in [5.74, 6) is -2.41. The molecule has 1 aromatic heterocycles. The van der Waals surface area contributed by atoms with E-state index >= 15 is 0 Å². The van der Waals surface area contributed by atoms with Crippen LogP contribution in [-0.4, -0.2) is 21.8 Å². The molecule has 1 aromatic carbocycles. The fraction of sp³-hybridized carbons (Fsp3) is 0.429. The summed E-state index contributed by atoms with van der Waals surface area (Å²) in [6, 6.07) is 1.90. The molecule has 8 heteroatoms. The average molecular weight is 364 g/mol. The van der Waals surface area contributed by atoms with Crippen molar-refractivity contribution in [3.63, 3.8) is 0 Å². The van der Waals surface area contributed by atoms with E-state index in [1.807, 2.05) is 6.07 Å². The summed E-state index contributed by atoms with van der Waals surface area (Å²) in [5.41, 5.74) is 2.89. The van der Waals surface area contributed by atoms with Crippen molar-refractivity contribution >= 4 is 51.9 Å². The second kappa shape index (κ2) is 5.16. The van der Waals surface area contributed by atoms with Gasteiger partial charge in [0.2, 0.25) is 5.92 Å². The molecule has 2 heterocycles. The molecule has 0 amide bonds. The predicted octanol–water partition coefficient (Wildman–Crippen LogP) is 5.31. The number of nitrogens with zero attached hydrogens (tertiary/aromatic N) is 1.